The number of hydrogen-bond acceptors (Lipinski definition) is 4. The fraction of sp³-hybridized carbons (Fsp3) is 0.118. The number of nitrogens with one attached hydrogen (secondary N) is 2. The summed E-state index contributed by atoms with van der Waals surface area (Å²) in [7, 11) is 0. The Hall–Kier alpha value is -3.42. The first kappa shape index (κ1) is 17.9. The third-order valence-corrected chi connectivity index (χ3v) is 3.18. The monoisotopic (exact) mass is 345 g/mol. The molecule has 2 aromatic rings. The average molecular weight is 345 g/mol. The molecule has 0 atom stereocenters. The van der Waals surface area contributed by atoms with Gasteiger partial charge in [-0.3, -0.25) is 4.79 Å². The van der Waals surface area contributed by atoms with Gasteiger partial charge in [-0.2, -0.15) is 0 Å². The van der Waals surface area contributed by atoms with Crippen molar-refractivity contribution in [2.45, 2.75) is 6.92 Å². The highest BCUT2D eigenvalue weighted by atomic mass is 19.1. The fourth-order valence-electron chi connectivity index (χ4n) is 1.91. The van der Waals surface area contributed by atoms with Gasteiger partial charge in [0.15, 0.2) is 6.61 Å². The van der Waals surface area contributed by atoms with E-state index in [1.807, 2.05) is 0 Å². The van der Waals surface area contributed by atoms with E-state index in [9.17, 15) is 18.8 Å². The predicted octanol–water partition coefficient (Wildman–Crippen LogP) is 2.42. The Labute approximate surface area is 143 Å². The van der Waals surface area contributed by atoms with E-state index in [0.29, 0.717) is 11.3 Å². The topological polar surface area (TPSA) is 111 Å². The molecule has 25 heavy (non-hydrogen) atoms. The van der Waals surface area contributed by atoms with Gasteiger partial charge in [-0.15, -0.1) is 0 Å². The Morgan fingerprint density at radius 1 is 1.04 bits per heavy atom. The van der Waals surface area contributed by atoms with Crippen LogP contribution in [-0.4, -0.2) is 24.5 Å². The molecule has 0 aliphatic carbocycles. The second-order valence-corrected chi connectivity index (χ2v) is 5.15. The lowest BCUT2D eigenvalue weighted by Gasteiger charge is -2.08. The average Bonchev–Trinajstić information content (AvgIpc) is 2.56. The maximum absolute atomic E-state index is 13.4. The maximum Gasteiger partial charge on any atom is 0.338 e. The minimum Gasteiger partial charge on any atom is -0.452 e. The van der Waals surface area contributed by atoms with Crippen molar-refractivity contribution in [3.8, 4) is 0 Å². The molecule has 4 N–H and O–H groups in total. The van der Waals surface area contributed by atoms with E-state index < -0.39 is 30.3 Å². The largest absolute Gasteiger partial charge is 0.452 e. The lowest BCUT2D eigenvalue weighted by atomic mass is 10.2. The molecule has 2 rings (SSSR count). The maximum atomic E-state index is 13.4. The third-order valence-electron chi connectivity index (χ3n) is 3.18. The number of carbonyl (C=O) groups excluding carboxylic acids is 3. The Balaban J connectivity index is 1.87. The number of benzene rings is 2. The Morgan fingerprint density at radius 3 is 2.28 bits per heavy atom. The van der Waals surface area contributed by atoms with Crippen molar-refractivity contribution < 1.29 is 23.5 Å². The zero-order valence-corrected chi connectivity index (χ0v) is 13.3. The summed E-state index contributed by atoms with van der Waals surface area (Å²) in [6.07, 6.45) is 0. The highest BCUT2D eigenvalue weighted by Gasteiger charge is 2.11. The lowest BCUT2D eigenvalue weighted by Crippen LogP contribution is -2.21. The molecule has 0 saturated carbocycles. The molecule has 2 aromatic carbocycles. The second kappa shape index (κ2) is 7.91. The SMILES string of the molecule is Cc1ccc(NC(=O)COC(=O)c2ccc(NC(N)=O)cc2)cc1F. The van der Waals surface area contributed by atoms with Crippen molar-refractivity contribution in [2.75, 3.05) is 17.2 Å². The molecule has 3 amide bonds. The summed E-state index contributed by atoms with van der Waals surface area (Å²) in [6, 6.07) is 9.30. The van der Waals surface area contributed by atoms with Crippen molar-refractivity contribution in [3.63, 3.8) is 0 Å². The molecule has 0 aromatic heterocycles. The van der Waals surface area contributed by atoms with E-state index in [1.54, 1.807) is 13.0 Å². The Bertz CT molecular complexity index is 806. The normalized spacial score (nSPS) is 10.0. The summed E-state index contributed by atoms with van der Waals surface area (Å²) in [5, 5.41) is 4.78. The number of primary amides is 1. The molecule has 0 fully saturated rings. The molecular weight excluding hydrogens is 329 g/mol. The zero-order chi connectivity index (χ0) is 18.4. The van der Waals surface area contributed by atoms with Gasteiger partial charge in [0.2, 0.25) is 0 Å². The number of urea groups is 1. The van der Waals surface area contributed by atoms with Crippen molar-refractivity contribution in [1.29, 1.82) is 0 Å². The standard InChI is InChI=1S/C17H16FN3O4/c1-10-2-5-13(8-14(10)18)20-15(22)9-25-16(23)11-3-6-12(7-4-11)21-17(19)24/h2-8H,9H2,1H3,(H,20,22)(H3,19,21,24). The van der Waals surface area contributed by atoms with Crippen LogP contribution < -0.4 is 16.4 Å². The highest BCUT2D eigenvalue weighted by molar-refractivity contribution is 5.96. The van der Waals surface area contributed by atoms with Crippen molar-refractivity contribution >= 4 is 29.3 Å². The summed E-state index contributed by atoms with van der Waals surface area (Å²) in [5.74, 6) is -1.75. The minimum atomic E-state index is -0.723. The van der Waals surface area contributed by atoms with Crippen LogP contribution in [0.2, 0.25) is 0 Å². The first-order valence-electron chi connectivity index (χ1n) is 7.25. The molecule has 7 nitrogen and oxygen atoms in total. The van der Waals surface area contributed by atoms with Crippen LogP contribution in [0.15, 0.2) is 42.5 Å². The van der Waals surface area contributed by atoms with E-state index in [0.717, 1.165) is 0 Å². The van der Waals surface area contributed by atoms with Crippen LogP contribution in [0.25, 0.3) is 0 Å². The highest BCUT2D eigenvalue weighted by Crippen LogP contribution is 2.14. The van der Waals surface area contributed by atoms with Crippen LogP contribution in [0.1, 0.15) is 15.9 Å². The number of aryl methyl sites for hydroxylation is 1. The van der Waals surface area contributed by atoms with Crippen molar-refractivity contribution in [1.82, 2.24) is 0 Å². The summed E-state index contributed by atoms with van der Waals surface area (Å²) < 4.78 is 18.3. The summed E-state index contributed by atoms with van der Waals surface area (Å²) in [4.78, 5) is 34.3. The molecule has 0 radical (unpaired) electrons. The number of amides is 3. The van der Waals surface area contributed by atoms with E-state index in [4.69, 9.17) is 10.5 Å². The van der Waals surface area contributed by atoms with Crippen molar-refractivity contribution in [3.05, 3.63) is 59.4 Å². The van der Waals surface area contributed by atoms with E-state index in [2.05, 4.69) is 10.6 Å². The minimum absolute atomic E-state index is 0.198. The number of anilines is 2. The lowest BCUT2D eigenvalue weighted by molar-refractivity contribution is -0.119. The Kier molecular flexibility index (Phi) is 5.67. The van der Waals surface area contributed by atoms with Gasteiger partial charge < -0.3 is 21.1 Å². The predicted molar refractivity (Wildman–Crippen MR) is 89.7 cm³/mol. The Morgan fingerprint density at radius 2 is 1.68 bits per heavy atom. The molecule has 0 aliphatic rings. The molecule has 0 heterocycles. The molecule has 0 aliphatic heterocycles. The van der Waals surface area contributed by atoms with Crippen LogP contribution in [0.3, 0.4) is 0 Å². The number of nitrogens with two attached hydrogens (primary N) is 1. The smallest absolute Gasteiger partial charge is 0.338 e. The summed E-state index contributed by atoms with van der Waals surface area (Å²) >= 11 is 0. The van der Waals surface area contributed by atoms with Gasteiger partial charge in [0.25, 0.3) is 5.91 Å². The van der Waals surface area contributed by atoms with E-state index >= 15 is 0 Å². The van der Waals surface area contributed by atoms with Gasteiger partial charge in [0.05, 0.1) is 5.56 Å². The molecule has 0 bridgehead atoms. The third kappa shape index (κ3) is 5.31. The van der Waals surface area contributed by atoms with Crippen LogP contribution in [0, 0.1) is 12.7 Å². The number of halogens is 1. The molecule has 0 unspecified atom stereocenters. The van der Waals surface area contributed by atoms with Crippen LogP contribution in [0.4, 0.5) is 20.6 Å². The summed E-state index contributed by atoms with van der Waals surface area (Å²) in [6.45, 7) is 1.09. The van der Waals surface area contributed by atoms with Crippen molar-refractivity contribution in [2.24, 2.45) is 5.73 Å². The first-order chi connectivity index (χ1) is 11.8. The number of esters is 1. The van der Waals surface area contributed by atoms with Gasteiger partial charge in [-0.1, -0.05) is 6.07 Å². The number of hydrogen-bond donors (Lipinski definition) is 3. The van der Waals surface area contributed by atoms with Crippen LogP contribution >= 0.6 is 0 Å². The molecule has 0 spiro atoms. The number of rotatable bonds is 5. The summed E-state index contributed by atoms with van der Waals surface area (Å²) in [5.41, 5.74) is 6.32. The van der Waals surface area contributed by atoms with Crippen LogP contribution in [-0.2, 0) is 9.53 Å². The number of carbonyl (C=O) groups is 3. The van der Waals surface area contributed by atoms with Crippen LogP contribution in [0.5, 0.6) is 0 Å². The second-order valence-electron chi connectivity index (χ2n) is 5.15. The fourth-order valence-corrected chi connectivity index (χ4v) is 1.91. The molecule has 0 saturated heterocycles. The quantitative estimate of drug-likeness (QED) is 0.723. The van der Waals surface area contributed by atoms with Gasteiger partial charge >= 0.3 is 12.0 Å². The molecule has 130 valence electrons. The first-order valence-corrected chi connectivity index (χ1v) is 7.25. The van der Waals surface area contributed by atoms with E-state index in [-0.39, 0.29) is 11.3 Å². The molecule has 8 heteroatoms. The van der Waals surface area contributed by atoms with Gasteiger partial charge in [-0.25, -0.2) is 14.0 Å². The van der Waals surface area contributed by atoms with Gasteiger partial charge in [-0.05, 0) is 48.9 Å². The van der Waals surface area contributed by atoms with Gasteiger partial charge in [0, 0.05) is 11.4 Å². The van der Waals surface area contributed by atoms with E-state index in [1.165, 1.54) is 36.4 Å². The number of ether oxygens (including phenoxy) is 1. The molecular formula is C17H16FN3O4. The zero-order valence-electron chi connectivity index (χ0n) is 13.3. The van der Waals surface area contributed by atoms with Gasteiger partial charge in [0.1, 0.15) is 5.82 Å².